The van der Waals surface area contributed by atoms with E-state index in [-0.39, 0.29) is 24.1 Å². The molecule has 0 fully saturated rings. The van der Waals surface area contributed by atoms with E-state index in [0.29, 0.717) is 29.5 Å². The molecule has 1 N–H and O–H groups in total. The number of amides is 1. The van der Waals surface area contributed by atoms with Gasteiger partial charge in [-0.1, -0.05) is 36.4 Å². The smallest absolute Gasteiger partial charge is 0.264 e. The summed E-state index contributed by atoms with van der Waals surface area (Å²) in [7, 11) is -3.90. The molecule has 2 aliphatic rings. The van der Waals surface area contributed by atoms with Gasteiger partial charge in [0, 0.05) is 0 Å². The van der Waals surface area contributed by atoms with E-state index >= 15 is 0 Å². The highest BCUT2D eigenvalue weighted by molar-refractivity contribution is 7.92. The van der Waals surface area contributed by atoms with Crippen LogP contribution in [0.3, 0.4) is 0 Å². The molecule has 8 nitrogen and oxygen atoms in total. The maximum absolute atomic E-state index is 13.5. The van der Waals surface area contributed by atoms with E-state index in [2.05, 4.69) is 5.32 Å². The molecule has 2 aliphatic heterocycles. The van der Waals surface area contributed by atoms with Gasteiger partial charge < -0.3 is 19.5 Å². The number of carbonyl (C=O) groups excluding carboxylic acids is 1. The van der Waals surface area contributed by atoms with Gasteiger partial charge >= 0.3 is 0 Å². The molecule has 0 aliphatic carbocycles. The lowest BCUT2D eigenvalue weighted by molar-refractivity contribution is -0.128. The molecule has 3 aromatic carbocycles. The molecule has 5 rings (SSSR count). The van der Waals surface area contributed by atoms with Gasteiger partial charge in [-0.25, -0.2) is 8.42 Å². The van der Waals surface area contributed by atoms with Crippen LogP contribution < -0.4 is 23.8 Å². The Morgan fingerprint density at radius 3 is 2.50 bits per heavy atom. The second-order valence-corrected chi connectivity index (χ2v) is 10.0. The van der Waals surface area contributed by atoms with Crippen molar-refractivity contribution < 1.29 is 27.4 Å². The molecule has 0 saturated carbocycles. The van der Waals surface area contributed by atoms with Crippen LogP contribution in [-0.4, -0.2) is 46.2 Å². The summed E-state index contributed by atoms with van der Waals surface area (Å²) in [6.07, 6.45) is -1.40. The van der Waals surface area contributed by atoms with Gasteiger partial charge in [-0.15, -0.1) is 0 Å². The lowest BCUT2D eigenvalue weighted by Gasteiger charge is -2.35. The van der Waals surface area contributed by atoms with Crippen molar-refractivity contribution in [2.75, 3.05) is 24.0 Å². The predicted molar refractivity (Wildman–Crippen MR) is 126 cm³/mol. The summed E-state index contributed by atoms with van der Waals surface area (Å²) < 4.78 is 45.6. The molecule has 0 radical (unpaired) electrons. The number of ether oxygens (including phenoxy) is 3. The van der Waals surface area contributed by atoms with Crippen LogP contribution >= 0.6 is 0 Å². The zero-order valence-corrected chi connectivity index (χ0v) is 19.3. The van der Waals surface area contributed by atoms with Crippen molar-refractivity contribution >= 4 is 21.6 Å². The van der Waals surface area contributed by atoms with Gasteiger partial charge in [-0.3, -0.25) is 9.10 Å². The molecule has 1 amide bonds. The van der Waals surface area contributed by atoms with Crippen LogP contribution in [0, 0.1) is 6.92 Å². The first-order chi connectivity index (χ1) is 16.4. The summed E-state index contributed by atoms with van der Waals surface area (Å²) in [6.45, 7) is 2.21. The number of fused-ring (bicyclic) bond motifs is 2. The molecular weight excluding hydrogens is 456 g/mol. The van der Waals surface area contributed by atoms with Crippen LogP contribution in [0.4, 0.5) is 5.69 Å². The summed E-state index contributed by atoms with van der Waals surface area (Å²) in [5, 5.41) is 2.82. The van der Waals surface area contributed by atoms with Gasteiger partial charge in [0.15, 0.2) is 17.6 Å². The third kappa shape index (κ3) is 4.26. The maximum Gasteiger partial charge on any atom is 0.264 e. The molecule has 3 aromatic rings. The zero-order valence-electron chi connectivity index (χ0n) is 18.5. The first-order valence-electron chi connectivity index (χ1n) is 10.9. The number of carbonyl (C=O) groups is 1. The molecule has 2 atom stereocenters. The Hall–Kier alpha value is -3.72. The van der Waals surface area contributed by atoms with Crippen molar-refractivity contribution in [3.8, 4) is 17.2 Å². The van der Waals surface area contributed by atoms with Crippen LogP contribution in [0.1, 0.15) is 5.56 Å². The average molecular weight is 481 g/mol. The van der Waals surface area contributed by atoms with Gasteiger partial charge in [0.05, 0.1) is 23.7 Å². The number of nitrogens with one attached hydrogen (secondary N) is 1. The van der Waals surface area contributed by atoms with E-state index in [1.165, 1.54) is 16.4 Å². The van der Waals surface area contributed by atoms with Crippen molar-refractivity contribution in [1.82, 2.24) is 5.32 Å². The molecule has 0 bridgehead atoms. The normalized spacial score (nSPS) is 19.0. The molecular formula is C25H24N2O6S. The van der Waals surface area contributed by atoms with Gasteiger partial charge in [-0.05, 0) is 48.9 Å². The minimum Gasteiger partial charge on any atom is -0.486 e. The summed E-state index contributed by atoms with van der Waals surface area (Å²) in [6, 6.07) is 20.7. The van der Waals surface area contributed by atoms with E-state index in [0.717, 1.165) is 5.56 Å². The summed E-state index contributed by atoms with van der Waals surface area (Å²) in [5.74, 6) is 1.19. The average Bonchev–Trinajstić information content (AvgIpc) is 2.87. The second kappa shape index (κ2) is 8.90. The Morgan fingerprint density at radius 1 is 0.971 bits per heavy atom. The maximum atomic E-state index is 13.5. The Kier molecular flexibility index (Phi) is 5.79. The third-order valence-electron chi connectivity index (χ3n) is 5.68. The lowest BCUT2D eigenvalue weighted by Crippen LogP contribution is -2.52. The Balaban J connectivity index is 1.34. The quantitative estimate of drug-likeness (QED) is 0.604. The number of hydrogen-bond donors (Lipinski definition) is 1. The highest BCUT2D eigenvalue weighted by atomic mass is 32.2. The number of rotatable bonds is 5. The first-order valence-corrected chi connectivity index (χ1v) is 12.4. The number of anilines is 1. The zero-order chi connectivity index (χ0) is 23.7. The number of sulfonamides is 1. The Morgan fingerprint density at radius 2 is 1.71 bits per heavy atom. The number of hydrogen-bond acceptors (Lipinski definition) is 6. The number of benzene rings is 3. The molecule has 9 heteroatoms. The highest BCUT2D eigenvalue weighted by Crippen LogP contribution is 2.38. The molecule has 0 saturated heterocycles. The van der Waals surface area contributed by atoms with Crippen LogP contribution in [0.2, 0.25) is 0 Å². The monoisotopic (exact) mass is 480 g/mol. The third-order valence-corrected chi connectivity index (χ3v) is 7.47. The van der Waals surface area contributed by atoms with Crippen LogP contribution in [0.5, 0.6) is 17.2 Å². The molecule has 176 valence electrons. The van der Waals surface area contributed by atoms with E-state index in [1.54, 1.807) is 36.4 Å². The van der Waals surface area contributed by atoms with Gasteiger partial charge in [0.2, 0.25) is 0 Å². The highest BCUT2D eigenvalue weighted by Gasteiger charge is 2.38. The first kappa shape index (κ1) is 22.1. The van der Waals surface area contributed by atoms with Crippen molar-refractivity contribution in [3.63, 3.8) is 0 Å². The van der Waals surface area contributed by atoms with Crippen molar-refractivity contribution in [2.45, 2.75) is 24.0 Å². The number of nitrogens with zero attached hydrogens (tertiary/aromatic N) is 1. The Labute approximate surface area is 198 Å². The predicted octanol–water partition coefficient (Wildman–Crippen LogP) is 2.91. The summed E-state index contributed by atoms with van der Waals surface area (Å²) in [5.41, 5.74) is 1.29. The van der Waals surface area contributed by atoms with Gasteiger partial charge in [0.1, 0.15) is 18.5 Å². The summed E-state index contributed by atoms with van der Waals surface area (Å²) >= 11 is 0. The summed E-state index contributed by atoms with van der Waals surface area (Å²) in [4.78, 5) is 13.2. The topological polar surface area (TPSA) is 94.2 Å². The van der Waals surface area contributed by atoms with Crippen molar-refractivity contribution in [1.29, 1.82) is 0 Å². The lowest BCUT2D eigenvalue weighted by atomic mass is 10.1. The number of para-hydroxylation sites is 2. The largest absolute Gasteiger partial charge is 0.486 e. The van der Waals surface area contributed by atoms with Crippen LogP contribution in [0.15, 0.2) is 77.7 Å². The molecule has 0 spiro atoms. The minimum atomic E-state index is -3.90. The molecule has 34 heavy (non-hydrogen) atoms. The van der Waals surface area contributed by atoms with E-state index in [1.807, 2.05) is 31.2 Å². The van der Waals surface area contributed by atoms with E-state index in [4.69, 9.17) is 14.2 Å². The fraction of sp³-hybridized carbons (Fsp3) is 0.240. The van der Waals surface area contributed by atoms with Crippen LogP contribution in [-0.2, 0) is 14.8 Å². The van der Waals surface area contributed by atoms with Gasteiger partial charge in [0.25, 0.3) is 15.9 Å². The standard InChI is InChI=1S/C25H24N2O6S/c1-17-11-12-21-20(13-17)27(34(29,30)19-7-3-2-4-8-19)15-24(33-21)25(28)26-14-18-16-31-22-9-5-6-10-23(22)32-18/h2-13,18,24H,14-16H2,1H3,(H,26,28)/t18-,24+/m0/s1. The van der Waals surface area contributed by atoms with Gasteiger partial charge in [-0.2, -0.15) is 0 Å². The van der Waals surface area contributed by atoms with E-state index < -0.39 is 22.0 Å². The number of aryl methyl sites for hydroxylation is 1. The fourth-order valence-electron chi connectivity index (χ4n) is 3.94. The van der Waals surface area contributed by atoms with Crippen molar-refractivity contribution in [3.05, 3.63) is 78.4 Å². The molecule has 0 unspecified atom stereocenters. The van der Waals surface area contributed by atoms with E-state index in [9.17, 15) is 13.2 Å². The molecule has 2 heterocycles. The minimum absolute atomic E-state index is 0.148. The second-order valence-electron chi connectivity index (χ2n) is 8.17. The molecule has 0 aromatic heterocycles. The van der Waals surface area contributed by atoms with Crippen molar-refractivity contribution in [2.24, 2.45) is 0 Å². The fourth-order valence-corrected chi connectivity index (χ4v) is 5.43. The Bertz CT molecular complexity index is 1310. The SMILES string of the molecule is Cc1ccc2c(c1)N(S(=O)(=O)c1ccccc1)C[C@H](C(=O)NC[C@H]1COc3ccccc3O1)O2. The van der Waals surface area contributed by atoms with Crippen LogP contribution in [0.25, 0.3) is 0 Å².